The van der Waals surface area contributed by atoms with Crippen LogP contribution in [0.4, 0.5) is 0 Å². The second-order valence-corrected chi connectivity index (χ2v) is 7.39. The van der Waals surface area contributed by atoms with Gasteiger partial charge >= 0.3 is 23.9 Å². The average molecular weight is 342 g/mol. The predicted molar refractivity (Wildman–Crippen MR) is 79.1 cm³/mol. The molecule has 2 saturated carbocycles. The van der Waals surface area contributed by atoms with Crippen molar-refractivity contribution in [2.24, 2.45) is 40.9 Å². The summed E-state index contributed by atoms with van der Waals surface area (Å²) < 4.78 is 0. The summed E-state index contributed by atoms with van der Waals surface area (Å²) in [7, 11) is 0. The molecular formula is C16H22O8. The maximum Gasteiger partial charge on any atom is 0.310 e. The lowest BCUT2D eigenvalue weighted by Crippen LogP contribution is -2.67. The summed E-state index contributed by atoms with van der Waals surface area (Å²) in [6.07, 6.45) is -0.0919. The van der Waals surface area contributed by atoms with E-state index in [1.165, 1.54) is 0 Å². The van der Waals surface area contributed by atoms with Crippen molar-refractivity contribution in [2.75, 3.05) is 0 Å². The SMILES string of the molecule is CC(C)CC1(C(=O)O)C2CC(C(=O)O)C(C(=O)O)CC2C1C(=O)O. The molecule has 0 heterocycles. The third-order valence-corrected chi connectivity index (χ3v) is 5.73. The Morgan fingerprint density at radius 2 is 1.42 bits per heavy atom. The maximum atomic E-state index is 12.0. The molecule has 2 fully saturated rings. The first kappa shape index (κ1) is 18.2. The van der Waals surface area contributed by atoms with Gasteiger partial charge in [0.05, 0.1) is 23.2 Å². The molecule has 8 heteroatoms. The minimum absolute atomic E-state index is 0.0793. The lowest BCUT2D eigenvalue weighted by atomic mass is 9.39. The van der Waals surface area contributed by atoms with E-state index >= 15 is 0 Å². The van der Waals surface area contributed by atoms with E-state index in [1.54, 1.807) is 13.8 Å². The topological polar surface area (TPSA) is 149 Å². The smallest absolute Gasteiger partial charge is 0.310 e. The van der Waals surface area contributed by atoms with Crippen molar-refractivity contribution in [1.82, 2.24) is 0 Å². The summed E-state index contributed by atoms with van der Waals surface area (Å²) in [4.78, 5) is 46.5. The Morgan fingerprint density at radius 3 is 1.79 bits per heavy atom. The zero-order valence-corrected chi connectivity index (χ0v) is 13.5. The minimum atomic E-state index is -1.53. The predicted octanol–water partition coefficient (Wildman–Crippen LogP) is 1.25. The highest BCUT2D eigenvalue weighted by Crippen LogP contribution is 2.66. The van der Waals surface area contributed by atoms with Crippen LogP contribution in [-0.4, -0.2) is 44.3 Å². The molecule has 2 aliphatic carbocycles. The number of hydrogen-bond acceptors (Lipinski definition) is 4. The molecular weight excluding hydrogens is 320 g/mol. The molecule has 0 aromatic carbocycles. The highest BCUT2D eigenvalue weighted by Gasteiger charge is 2.71. The van der Waals surface area contributed by atoms with Crippen molar-refractivity contribution in [3.8, 4) is 0 Å². The number of aliphatic carboxylic acids is 4. The monoisotopic (exact) mass is 342 g/mol. The Morgan fingerprint density at radius 1 is 0.917 bits per heavy atom. The Labute approximate surface area is 138 Å². The standard InChI is InChI=1S/C16H22O8/c1-6(2)5-16(15(23)24)10-4-8(13(19)20)7(12(17)18)3-9(10)11(16)14(21)22/h6-11H,3-5H2,1-2H3,(H,17,18)(H,19,20)(H,21,22)(H,23,24). The van der Waals surface area contributed by atoms with Crippen LogP contribution >= 0.6 is 0 Å². The van der Waals surface area contributed by atoms with Gasteiger partial charge in [0.15, 0.2) is 0 Å². The van der Waals surface area contributed by atoms with Gasteiger partial charge in [-0.2, -0.15) is 0 Å². The molecule has 0 amide bonds. The van der Waals surface area contributed by atoms with Crippen molar-refractivity contribution in [3.63, 3.8) is 0 Å². The Bertz CT molecular complexity index is 583. The molecule has 0 aliphatic heterocycles. The van der Waals surface area contributed by atoms with Gasteiger partial charge in [-0.25, -0.2) is 0 Å². The van der Waals surface area contributed by atoms with Gasteiger partial charge in [0.1, 0.15) is 0 Å². The molecule has 0 aromatic heterocycles. The van der Waals surface area contributed by atoms with Crippen LogP contribution in [0.15, 0.2) is 0 Å². The zero-order chi connectivity index (χ0) is 18.4. The van der Waals surface area contributed by atoms with E-state index in [2.05, 4.69) is 0 Å². The van der Waals surface area contributed by atoms with E-state index in [0.29, 0.717) is 0 Å². The molecule has 6 unspecified atom stereocenters. The van der Waals surface area contributed by atoms with Crippen LogP contribution in [0.5, 0.6) is 0 Å². The third kappa shape index (κ3) is 2.53. The fraction of sp³-hybridized carbons (Fsp3) is 0.750. The van der Waals surface area contributed by atoms with Crippen LogP contribution in [0.25, 0.3) is 0 Å². The maximum absolute atomic E-state index is 12.0. The Kier molecular flexibility index (Phi) is 4.61. The lowest BCUT2D eigenvalue weighted by Gasteiger charge is -2.61. The van der Waals surface area contributed by atoms with Gasteiger partial charge in [-0.15, -0.1) is 0 Å². The lowest BCUT2D eigenvalue weighted by molar-refractivity contribution is -0.218. The van der Waals surface area contributed by atoms with E-state index in [4.69, 9.17) is 0 Å². The van der Waals surface area contributed by atoms with Gasteiger partial charge < -0.3 is 20.4 Å². The highest BCUT2D eigenvalue weighted by molar-refractivity contribution is 5.88. The van der Waals surface area contributed by atoms with Crippen molar-refractivity contribution in [1.29, 1.82) is 0 Å². The summed E-state index contributed by atoms with van der Waals surface area (Å²) in [6, 6.07) is 0. The summed E-state index contributed by atoms with van der Waals surface area (Å²) >= 11 is 0. The van der Waals surface area contributed by atoms with E-state index in [9.17, 15) is 39.6 Å². The highest BCUT2D eigenvalue weighted by atomic mass is 16.4. The molecule has 134 valence electrons. The van der Waals surface area contributed by atoms with Crippen LogP contribution < -0.4 is 0 Å². The van der Waals surface area contributed by atoms with Gasteiger partial charge in [0, 0.05) is 0 Å². The van der Waals surface area contributed by atoms with Crippen LogP contribution in [-0.2, 0) is 19.2 Å². The van der Waals surface area contributed by atoms with Gasteiger partial charge in [0.25, 0.3) is 0 Å². The number of carbonyl (C=O) groups is 4. The fourth-order valence-electron chi connectivity index (χ4n) is 4.97. The van der Waals surface area contributed by atoms with E-state index < -0.39 is 58.9 Å². The normalized spacial score (nSPS) is 38.0. The Balaban J connectivity index is 2.45. The van der Waals surface area contributed by atoms with Gasteiger partial charge in [0.2, 0.25) is 0 Å². The summed E-state index contributed by atoms with van der Waals surface area (Å²) in [6.45, 7) is 3.57. The molecule has 0 saturated heterocycles. The summed E-state index contributed by atoms with van der Waals surface area (Å²) in [5.41, 5.74) is -1.53. The summed E-state index contributed by atoms with van der Waals surface area (Å²) in [5.74, 6) is -9.92. The minimum Gasteiger partial charge on any atom is -0.481 e. The number of fused-ring (bicyclic) bond motifs is 1. The first-order valence-electron chi connectivity index (χ1n) is 7.95. The molecule has 0 bridgehead atoms. The Hall–Kier alpha value is -2.12. The fourth-order valence-corrected chi connectivity index (χ4v) is 4.97. The summed E-state index contributed by atoms with van der Waals surface area (Å²) in [5, 5.41) is 37.9. The zero-order valence-electron chi connectivity index (χ0n) is 13.5. The molecule has 6 atom stereocenters. The van der Waals surface area contributed by atoms with E-state index in [0.717, 1.165) is 0 Å². The van der Waals surface area contributed by atoms with Crippen LogP contribution in [0.2, 0.25) is 0 Å². The molecule has 24 heavy (non-hydrogen) atoms. The van der Waals surface area contributed by atoms with E-state index in [1.807, 2.05) is 0 Å². The first-order valence-corrected chi connectivity index (χ1v) is 7.95. The van der Waals surface area contributed by atoms with Crippen molar-refractivity contribution in [2.45, 2.75) is 33.1 Å². The average Bonchev–Trinajstić information content (AvgIpc) is 2.42. The van der Waals surface area contributed by atoms with Crippen molar-refractivity contribution >= 4 is 23.9 Å². The molecule has 2 aliphatic rings. The quantitative estimate of drug-likeness (QED) is 0.563. The molecule has 2 rings (SSSR count). The van der Waals surface area contributed by atoms with Gasteiger partial charge in [-0.05, 0) is 37.0 Å². The third-order valence-electron chi connectivity index (χ3n) is 5.73. The second-order valence-electron chi connectivity index (χ2n) is 7.39. The van der Waals surface area contributed by atoms with Crippen molar-refractivity contribution < 1.29 is 39.6 Å². The molecule has 0 aromatic rings. The van der Waals surface area contributed by atoms with Crippen LogP contribution in [0.1, 0.15) is 33.1 Å². The van der Waals surface area contributed by atoms with Gasteiger partial charge in [-0.1, -0.05) is 13.8 Å². The molecule has 0 spiro atoms. The van der Waals surface area contributed by atoms with E-state index in [-0.39, 0.29) is 25.2 Å². The number of rotatable bonds is 6. The molecule has 4 N–H and O–H groups in total. The second kappa shape index (κ2) is 6.07. The number of carboxylic acids is 4. The van der Waals surface area contributed by atoms with Crippen LogP contribution in [0.3, 0.4) is 0 Å². The largest absolute Gasteiger partial charge is 0.481 e. The van der Waals surface area contributed by atoms with Crippen molar-refractivity contribution in [3.05, 3.63) is 0 Å². The molecule has 8 nitrogen and oxygen atoms in total. The van der Waals surface area contributed by atoms with Crippen LogP contribution in [0, 0.1) is 40.9 Å². The number of hydrogen-bond donors (Lipinski definition) is 4. The first-order chi connectivity index (χ1) is 11.0. The molecule has 0 radical (unpaired) electrons. The van der Waals surface area contributed by atoms with Gasteiger partial charge in [-0.3, -0.25) is 19.2 Å². The number of carboxylic acid groups (broad SMARTS) is 4.